The first kappa shape index (κ1) is 9.11. The fraction of sp³-hybridized carbons (Fsp3) is 0.364. The normalized spacial score (nSPS) is 9.92. The van der Waals surface area contributed by atoms with Crippen LogP contribution in [0.2, 0.25) is 0 Å². The van der Waals surface area contributed by atoms with Crippen LogP contribution in [0.1, 0.15) is 17.5 Å². The smallest absolute Gasteiger partial charge is 0.122 e. The SMILES string of the molecule is [CH2]CCOc1cccc(C)c1C. The van der Waals surface area contributed by atoms with E-state index in [2.05, 4.69) is 26.8 Å². The van der Waals surface area contributed by atoms with E-state index in [1.807, 2.05) is 12.1 Å². The molecule has 0 amide bonds. The molecule has 1 heteroatoms. The second kappa shape index (κ2) is 4.15. The number of hydrogen-bond donors (Lipinski definition) is 0. The number of hydrogen-bond acceptors (Lipinski definition) is 1. The van der Waals surface area contributed by atoms with E-state index in [4.69, 9.17) is 4.74 Å². The molecule has 0 atom stereocenters. The second-order valence-corrected chi connectivity index (χ2v) is 2.90. The van der Waals surface area contributed by atoms with Crippen LogP contribution in [-0.2, 0) is 0 Å². The molecule has 0 saturated heterocycles. The van der Waals surface area contributed by atoms with Crippen LogP contribution in [0.15, 0.2) is 18.2 Å². The summed E-state index contributed by atoms with van der Waals surface area (Å²) in [4.78, 5) is 0. The quantitative estimate of drug-likeness (QED) is 0.665. The van der Waals surface area contributed by atoms with Gasteiger partial charge in [0.25, 0.3) is 0 Å². The van der Waals surface area contributed by atoms with E-state index in [9.17, 15) is 0 Å². The van der Waals surface area contributed by atoms with Crippen LogP contribution < -0.4 is 4.74 Å². The van der Waals surface area contributed by atoms with Gasteiger partial charge in [0.2, 0.25) is 0 Å². The van der Waals surface area contributed by atoms with Crippen molar-refractivity contribution >= 4 is 0 Å². The summed E-state index contributed by atoms with van der Waals surface area (Å²) in [6.45, 7) is 8.59. The standard InChI is InChI=1S/C11H15O/c1-4-8-12-11-7-5-6-9(2)10(11)3/h5-7H,1,4,8H2,2-3H3. The lowest BCUT2D eigenvalue weighted by Gasteiger charge is -2.09. The van der Waals surface area contributed by atoms with E-state index in [-0.39, 0.29) is 0 Å². The van der Waals surface area contributed by atoms with Crippen molar-refractivity contribution in [2.24, 2.45) is 0 Å². The molecule has 12 heavy (non-hydrogen) atoms. The average molecular weight is 163 g/mol. The van der Waals surface area contributed by atoms with Crippen LogP contribution in [0.5, 0.6) is 5.75 Å². The molecule has 1 aromatic rings. The molecule has 0 aliphatic rings. The van der Waals surface area contributed by atoms with Gasteiger partial charge in [0, 0.05) is 0 Å². The molecule has 0 bridgehead atoms. The zero-order valence-electron chi connectivity index (χ0n) is 7.76. The van der Waals surface area contributed by atoms with Crippen molar-refractivity contribution in [3.05, 3.63) is 36.2 Å². The summed E-state index contributed by atoms with van der Waals surface area (Å²) in [5, 5.41) is 0. The van der Waals surface area contributed by atoms with E-state index in [1.165, 1.54) is 11.1 Å². The molecule has 0 aliphatic heterocycles. The highest BCUT2D eigenvalue weighted by Crippen LogP contribution is 2.20. The molecular formula is C11H15O. The summed E-state index contributed by atoms with van der Waals surface area (Å²) >= 11 is 0. The van der Waals surface area contributed by atoms with E-state index in [0.717, 1.165) is 12.2 Å². The van der Waals surface area contributed by atoms with Crippen LogP contribution in [-0.4, -0.2) is 6.61 Å². The Kier molecular flexibility index (Phi) is 3.15. The Balaban J connectivity index is 2.78. The molecule has 0 fully saturated rings. The molecule has 1 radical (unpaired) electrons. The lowest BCUT2D eigenvalue weighted by Crippen LogP contribution is -1.97. The minimum Gasteiger partial charge on any atom is -0.493 e. The maximum absolute atomic E-state index is 5.50. The zero-order valence-corrected chi connectivity index (χ0v) is 7.76. The Hall–Kier alpha value is -0.980. The lowest BCUT2D eigenvalue weighted by molar-refractivity contribution is 0.322. The Morgan fingerprint density at radius 3 is 2.75 bits per heavy atom. The number of ether oxygens (including phenoxy) is 1. The monoisotopic (exact) mass is 163 g/mol. The number of rotatable bonds is 3. The first-order valence-corrected chi connectivity index (χ1v) is 4.24. The largest absolute Gasteiger partial charge is 0.493 e. The number of benzene rings is 1. The van der Waals surface area contributed by atoms with Crippen molar-refractivity contribution in [3.8, 4) is 5.75 Å². The molecule has 65 valence electrons. The summed E-state index contributed by atoms with van der Waals surface area (Å²) in [5.74, 6) is 0.985. The molecule has 0 unspecified atom stereocenters. The van der Waals surface area contributed by atoms with Gasteiger partial charge in [-0.2, -0.15) is 0 Å². The van der Waals surface area contributed by atoms with Crippen molar-refractivity contribution in [3.63, 3.8) is 0 Å². The molecule has 0 aromatic heterocycles. The Bertz CT molecular complexity index is 253. The van der Waals surface area contributed by atoms with Gasteiger partial charge < -0.3 is 4.74 Å². The molecule has 1 rings (SSSR count). The minimum absolute atomic E-state index is 0.699. The summed E-state index contributed by atoms with van der Waals surface area (Å²) in [7, 11) is 0. The van der Waals surface area contributed by atoms with E-state index in [1.54, 1.807) is 0 Å². The van der Waals surface area contributed by atoms with Crippen molar-refractivity contribution in [2.45, 2.75) is 20.3 Å². The average Bonchev–Trinajstić information content (AvgIpc) is 2.08. The van der Waals surface area contributed by atoms with E-state index < -0.39 is 0 Å². The third-order valence-electron chi connectivity index (χ3n) is 1.96. The van der Waals surface area contributed by atoms with Crippen LogP contribution >= 0.6 is 0 Å². The molecular weight excluding hydrogens is 148 g/mol. The number of aryl methyl sites for hydroxylation is 1. The molecule has 0 aliphatic carbocycles. The van der Waals surface area contributed by atoms with Gasteiger partial charge in [0.15, 0.2) is 0 Å². The van der Waals surface area contributed by atoms with Gasteiger partial charge in [0.1, 0.15) is 5.75 Å². The van der Waals surface area contributed by atoms with Gasteiger partial charge in [-0.3, -0.25) is 0 Å². The highest BCUT2D eigenvalue weighted by atomic mass is 16.5. The van der Waals surface area contributed by atoms with Crippen molar-refractivity contribution < 1.29 is 4.74 Å². The Labute approximate surface area is 74.4 Å². The third kappa shape index (κ3) is 2.00. The Morgan fingerprint density at radius 2 is 2.08 bits per heavy atom. The zero-order chi connectivity index (χ0) is 8.97. The summed E-state index contributed by atoms with van der Waals surface area (Å²) in [6.07, 6.45) is 0.813. The fourth-order valence-corrected chi connectivity index (χ4v) is 1.06. The topological polar surface area (TPSA) is 9.23 Å². The van der Waals surface area contributed by atoms with Gasteiger partial charge >= 0.3 is 0 Å². The van der Waals surface area contributed by atoms with Gasteiger partial charge in [-0.15, -0.1) is 0 Å². The van der Waals surface area contributed by atoms with Crippen LogP contribution in [0, 0.1) is 20.8 Å². The van der Waals surface area contributed by atoms with Crippen molar-refractivity contribution in [1.29, 1.82) is 0 Å². The van der Waals surface area contributed by atoms with Gasteiger partial charge in [-0.25, -0.2) is 0 Å². The fourth-order valence-electron chi connectivity index (χ4n) is 1.06. The Morgan fingerprint density at radius 1 is 1.33 bits per heavy atom. The summed E-state index contributed by atoms with van der Waals surface area (Å²) in [5.41, 5.74) is 2.50. The van der Waals surface area contributed by atoms with E-state index >= 15 is 0 Å². The van der Waals surface area contributed by atoms with Crippen LogP contribution in [0.3, 0.4) is 0 Å². The van der Waals surface area contributed by atoms with E-state index in [0.29, 0.717) is 6.61 Å². The van der Waals surface area contributed by atoms with Crippen molar-refractivity contribution in [1.82, 2.24) is 0 Å². The molecule has 0 heterocycles. The molecule has 0 saturated carbocycles. The van der Waals surface area contributed by atoms with Crippen LogP contribution in [0.25, 0.3) is 0 Å². The second-order valence-electron chi connectivity index (χ2n) is 2.90. The molecule has 1 nitrogen and oxygen atoms in total. The minimum atomic E-state index is 0.699. The van der Waals surface area contributed by atoms with Crippen molar-refractivity contribution in [2.75, 3.05) is 6.61 Å². The first-order valence-electron chi connectivity index (χ1n) is 4.24. The lowest BCUT2D eigenvalue weighted by atomic mass is 10.1. The predicted molar refractivity (Wildman–Crippen MR) is 51.4 cm³/mol. The summed E-state index contributed by atoms with van der Waals surface area (Å²) in [6, 6.07) is 6.10. The van der Waals surface area contributed by atoms with Gasteiger partial charge in [0.05, 0.1) is 6.61 Å². The highest BCUT2D eigenvalue weighted by Gasteiger charge is 1.99. The molecule has 0 N–H and O–H groups in total. The maximum atomic E-state index is 5.50. The summed E-state index contributed by atoms with van der Waals surface area (Å²) < 4.78 is 5.50. The molecule has 1 aromatic carbocycles. The van der Waals surface area contributed by atoms with Crippen LogP contribution in [0.4, 0.5) is 0 Å². The highest BCUT2D eigenvalue weighted by molar-refractivity contribution is 5.38. The predicted octanol–water partition coefficient (Wildman–Crippen LogP) is 2.91. The van der Waals surface area contributed by atoms with Gasteiger partial charge in [-0.05, 0) is 44.4 Å². The van der Waals surface area contributed by atoms with Gasteiger partial charge in [-0.1, -0.05) is 12.1 Å². The maximum Gasteiger partial charge on any atom is 0.122 e. The third-order valence-corrected chi connectivity index (χ3v) is 1.96. The first-order chi connectivity index (χ1) is 5.75. The molecule has 0 spiro atoms.